The lowest BCUT2D eigenvalue weighted by Crippen LogP contribution is -2.17. The molecule has 1 heterocycles. The van der Waals surface area contributed by atoms with Gasteiger partial charge < -0.3 is 9.73 Å². The number of aryl methyl sites for hydroxylation is 1. The van der Waals surface area contributed by atoms with E-state index >= 15 is 0 Å². The fourth-order valence-electron chi connectivity index (χ4n) is 1.92. The summed E-state index contributed by atoms with van der Waals surface area (Å²) in [4.78, 5) is 11.6. The highest BCUT2D eigenvalue weighted by molar-refractivity contribution is 5.72. The summed E-state index contributed by atoms with van der Waals surface area (Å²) in [5.74, 6) is -0.255. The summed E-state index contributed by atoms with van der Waals surface area (Å²) in [5, 5.41) is 3.27. The zero-order valence-electron chi connectivity index (χ0n) is 10.1. The van der Waals surface area contributed by atoms with Crippen molar-refractivity contribution in [1.29, 1.82) is 0 Å². The number of para-hydroxylation sites is 2. The van der Waals surface area contributed by atoms with Crippen molar-refractivity contribution >= 4 is 11.1 Å². The molecule has 92 valence electrons. The number of nitrogens with one attached hydrogen (secondary N) is 1. The van der Waals surface area contributed by atoms with E-state index in [1.54, 1.807) is 4.57 Å². The molecule has 0 saturated heterocycles. The first-order valence-corrected chi connectivity index (χ1v) is 6.12. The summed E-state index contributed by atoms with van der Waals surface area (Å²) in [6, 6.07) is 7.55. The standard InChI is InChI=1S/C13H18N2O2/c1-2-14-9-5-6-10-15-11-7-3-4-8-12(11)17-13(15)16/h3-4,7-8,14H,2,5-6,9-10H2,1H3. The Morgan fingerprint density at radius 1 is 1.29 bits per heavy atom. The van der Waals surface area contributed by atoms with E-state index in [0.717, 1.165) is 38.0 Å². The van der Waals surface area contributed by atoms with E-state index in [4.69, 9.17) is 4.42 Å². The van der Waals surface area contributed by atoms with E-state index in [0.29, 0.717) is 5.58 Å². The minimum absolute atomic E-state index is 0.255. The summed E-state index contributed by atoms with van der Waals surface area (Å²) in [5.41, 5.74) is 1.56. The van der Waals surface area contributed by atoms with Crippen LogP contribution in [0.4, 0.5) is 0 Å². The van der Waals surface area contributed by atoms with Crippen LogP contribution in [0.15, 0.2) is 33.5 Å². The van der Waals surface area contributed by atoms with Crippen LogP contribution < -0.4 is 11.1 Å². The van der Waals surface area contributed by atoms with Crippen LogP contribution in [0.5, 0.6) is 0 Å². The van der Waals surface area contributed by atoms with Crippen LogP contribution in [0.2, 0.25) is 0 Å². The number of fused-ring (bicyclic) bond motifs is 1. The number of aromatic nitrogens is 1. The SMILES string of the molecule is CCNCCCCn1c(=O)oc2ccccc21. The average molecular weight is 234 g/mol. The van der Waals surface area contributed by atoms with Crippen LogP contribution in [0, 0.1) is 0 Å². The Kier molecular flexibility index (Phi) is 3.98. The van der Waals surface area contributed by atoms with Gasteiger partial charge in [-0.05, 0) is 38.1 Å². The molecule has 2 aromatic rings. The van der Waals surface area contributed by atoms with Crippen molar-refractivity contribution in [3.8, 4) is 0 Å². The molecular weight excluding hydrogens is 216 g/mol. The minimum atomic E-state index is -0.255. The highest BCUT2D eigenvalue weighted by Crippen LogP contribution is 2.12. The highest BCUT2D eigenvalue weighted by Gasteiger charge is 2.07. The van der Waals surface area contributed by atoms with Gasteiger partial charge in [-0.15, -0.1) is 0 Å². The normalized spacial score (nSPS) is 11.1. The van der Waals surface area contributed by atoms with Crippen LogP contribution in [0.1, 0.15) is 19.8 Å². The van der Waals surface area contributed by atoms with E-state index in [1.165, 1.54) is 0 Å². The number of unbranched alkanes of at least 4 members (excludes halogenated alkanes) is 1. The molecular formula is C13H18N2O2. The fraction of sp³-hybridized carbons (Fsp3) is 0.462. The van der Waals surface area contributed by atoms with E-state index in [-0.39, 0.29) is 5.76 Å². The molecule has 4 heteroatoms. The monoisotopic (exact) mass is 234 g/mol. The molecule has 0 aliphatic heterocycles. The molecule has 1 N–H and O–H groups in total. The van der Waals surface area contributed by atoms with E-state index in [2.05, 4.69) is 12.2 Å². The maximum absolute atomic E-state index is 11.6. The fourth-order valence-corrected chi connectivity index (χ4v) is 1.92. The smallest absolute Gasteiger partial charge is 0.408 e. The molecule has 0 atom stereocenters. The van der Waals surface area contributed by atoms with Gasteiger partial charge in [0, 0.05) is 6.54 Å². The molecule has 0 amide bonds. The van der Waals surface area contributed by atoms with Gasteiger partial charge in [0.25, 0.3) is 0 Å². The highest BCUT2D eigenvalue weighted by atomic mass is 16.4. The molecule has 0 saturated carbocycles. The van der Waals surface area contributed by atoms with Gasteiger partial charge in [-0.25, -0.2) is 4.79 Å². The zero-order valence-corrected chi connectivity index (χ0v) is 10.1. The van der Waals surface area contributed by atoms with Crippen molar-refractivity contribution < 1.29 is 4.42 Å². The first-order chi connectivity index (χ1) is 8.33. The first-order valence-electron chi connectivity index (χ1n) is 6.12. The van der Waals surface area contributed by atoms with Gasteiger partial charge >= 0.3 is 5.76 Å². The predicted molar refractivity (Wildman–Crippen MR) is 68.3 cm³/mol. The van der Waals surface area contributed by atoms with Gasteiger partial charge in [0.15, 0.2) is 5.58 Å². The van der Waals surface area contributed by atoms with Crippen molar-refractivity contribution in [2.24, 2.45) is 0 Å². The molecule has 0 radical (unpaired) electrons. The second-order valence-electron chi connectivity index (χ2n) is 4.05. The average Bonchev–Trinajstić information content (AvgIpc) is 2.65. The molecule has 0 bridgehead atoms. The van der Waals surface area contributed by atoms with E-state index in [9.17, 15) is 4.79 Å². The zero-order chi connectivity index (χ0) is 12.1. The summed E-state index contributed by atoms with van der Waals surface area (Å²) in [7, 11) is 0. The molecule has 17 heavy (non-hydrogen) atoms. The first kappa shape index (κ1) is 11.9. The van der Waals surface area contributed by atoms with Crippen LogP contribution in [0.25, 0.3) is 11.1 Å². The van der Waals surface area contributed by atoms with Gasteiger partial charge in [0.1, 0.15) is 0 Å². The van der Waals surface area contributed by atoms with Crippen molar-refractivity contribution in [3.05, 3.63) is 34.8 Å². The Balaban J connectivity index is 2.03. The molecule has 0 aliphatic rings. The van der Waals surface area contributed by atoms with Gasteiger partial charge in [0.2, 0.25) is 0 Å². The van der Waals surface area contributed by atoms with E-state index in [1.807, 2.05) is 24.3 Å². The van der Waals surface area contributed by atoms with Crippen molar-refractivity contribution in [2.75, 3.05) is 13.1 Å². The van der Waals surface area contributed by atoms with Crippen molar-refractivity contribution in [2.45, 2.75) is 26.3 Å². The summed E-state index contributed by atoms with van der Waals surface area (Å²) >= 11 is 0. The summed E-state index contributed by atoms with van der Waals surface area (Å²) in [6.45, 7) is 4.81. The lowest BCUT2D eigenvalue weighted by atomic mass is 10.3. The van der Waals surface area contributed by atoms with Crippen molar-refractivity contribution in [1.82, 2.24) is 9.88 Å². The lowest BCUT2D eigenvalue weighted by Gasteiger charge is -2.02. The molecule has 1 aromatic heterocycles. The van der Waals surface area contributed by atoms with Crippen LogP contribution in [0.3, 0.4) is 0 Å². The molecule has 0 unspecified atom stereocenters. The largest absolute Gasteiger partial charge is 0.419 e. The maximum atomic E-state index is 11.6. The number of hydrogen-bond donors (Lipinski definition) is 1. The number of rotatable bonds is 6. The summed E-state index contributed by atoms with van der Waals surface area (Å²) in [6.07, 6.45) is 2.05. The molecule has 2 rings (SSSR count). The number of hydrogen-bond acceptors (Lipinski definition) is 3. The molecule has 0 fully saturated rings. The molecule has 0 aliphatic carbocycles. The maximum Gasteiger partial charge on any atom is 0.419 e. The minimum Gasteiger partial charge on any atom is -0.408 e. The third-order valence-corrected chi connectivity index (χ3v) is 2.81. The molecule has 4 nitrogen and oxygen atoms in total. The molecule has 0 spiro atoms. The van der Waals surface area contributed by atoms with Crippen LogP contribution in [-0.2, 0) is 6.54 Å². The van der Waals surface area contributed by atoms with Crippen molar-refractivity contribution in [3.63, 3.8) is 0 Å². The third kappa shape index (κ3) is 2.77. The van der Waals surface area contributed by atoms with Gasteiger partial charge in [-0.3, -0.25) is 4.57 Å². The topological polar surface area (TPSA) is 47.2 Å². The summed E-state index contributed by atoms with van der Waals surface area (Å²) < 4.78 is 6.88. The Morgan fingerprint density at radius 2 is 2.12 bits per heavy atom. The Bertz CT molecular complexity index is 527. The van der Waals surface area contributed by atoms with Gasteiger partial charge in [0.05, 0.1) is 5.52 Å². The van der Waals surface area contributed by atoms with Gasteiger partial charge in [-0.1, -0.05) is 19.1 Å². The quantitative estimate of drug-likeness (QED) is 0.777. The Labute approximate surface area is 100 Å². The Morgan fingerprint density at radius 3 is 2.94 bits per heavy atom. The third-order valence-electron chi connectivity index (χ3n) is 2.81. The Hall–Kier alpha value is -1.55. The second kappa shape index (κ2) is 5.68. The van der Waals surface area contributed by atoms with E-state index < -0.39 is 0 Å². The van der Waals surface area contributed by atoms with Crippen LogP contribution in [-0.4, -0.2) is 17.7 Å². The van der Waals surface area contributed by atoms with Crippen LogP contribution >= 0.6 is 0 Å². The molecule has 1 aromatic carbocycles. The number of nitrogens with zero attached hydrogens (tertiary/aromatic N) is 1. The predicted octanol–water partition coefficient (Wildman–Crippen LogP) is 1.98. The van der Waals surface area contributed by atoms with Gasteiger partial charge in [-0.2, -0.15) is 0 Å². The lowest BCUT2D eigenvalue weighted by molar-refractivity contribution is 0.489. The number of oxazole rings is 1. The number of benzene rings is 1. The second-order valence-corrected chi connectivity index (χ2v) is 4.05.